The molecule has 0 aromatic heterocycles. The Morgan fingerprint density at radius 3 is 2.58 bits per heavy atom. The van der Waals surface area contributed by atoms with E-state index in [1.807, 2.05) is 0 Å². The highest BCUT2D eigenvalue weighted by Crippen LogP contribution is 2.94. The Kier molecular flexibility index (Phi) is 2.56. The molecule has 5 fully saturated rings. The van der Waals surface area contributed by atoms with E-state index in [9.17, 15) is 4.79 Å². The lowest BCUT2D eigenvalue weighted by Crippen LogP contribution is -2.91. The Bertz CT molecular complexity index is 689. The van der Waals surface area contributed by atoms with E-state index >= 15 is 0 Å². The second-order valence-corrected chi connectivity index (χ2v) is 8.99. The molecule has 6 unspecified atom stereocenters. The van der Waals surface area contributed by atoms with Crippen LogP contribution in [0.4, 0.5) is 0 Å². The molecule has 0 bridgehead atoms. The molecule has 4 aliphatic carbocycles. The van der Waals surface area contributed by atoms with Crippen molar-refractivity contribution in [3.63, 3.8) is 0 Å². The zero-order valence-corrected chi connectivity index (χ0v) is 14.1. The summed E-state index contributed by atoms with van der Waals surface area (Å²) < 4.78 is 0. The number of hydrogen-bond donors (Lipinski definition) is 2. The summed E-state index contributed by atoms with van der Waals surface area (Å²) in [5.41, 5.74) is 2.53. The molecule has 1 amide bonds. The number of amides is 1. The Morgan fingerprint density at radius 1 is 1.08 bits per heavy atom. The highest BCUT2D eigenvalue weighted by atomic mass is 16.2. The molecule has 1 saturated heterocycles. The molecule has 3 heteroatoms. The van der Waals surface area contributed by atoms with E-state index in [0.717, 1.165) is 31.8 Å². The molecule has 6 rings (SSSR count). The lowest BCUT2D eigenvalue weighted by Gasteiger charge is -2.93. The minimum absolute atomic E-state index is 0.327. The third kappa shape index (κ3) is 1.32. The van der Waals surface area contributed by atoms with Crippen molar-refractivity contribution in [2.45, 2.75) is 43.6 Å². The lowest BCUT2D eigenvalue weighted by molar-refractivity contribution is -0.417. The molecule has 2 N–H and O–H groups in total. The van der Waals surface area contributed by atoms with Crippen molar-refractivity contribution < 1.29 is 4.79 Å². The SMILES string of the molecule is O=C(NC1CCNCC1)C1C2CC3CC4(c5ccccc5)CC1C324. The first kappa shape index (κ1) is 13.9. The average Bonchev–Trinajstić information content (AvgIpc) is 2.54. The van der Waals surface area contributed by atoms with E-state index in [4.69, 9.17) is 0 Å². The van der Waals surface area contributed by atoms with Crippen LogP contribution < -0.4 is 10.6 Å². The van der Waals surface area contributed by atoms with Crippen molar-refractivity contribution in [2.24, 2.45) is 29.1 Å². The highest BCUT2D eigenvalue weighted by molar-refractivity contribution is 5.83. The van der Waals surface area contributed by atoms with Crippen LogP contribution in [-0.2, 0) is 10.2 Å². The van der Waals surface area contributed by atoms with Gasteiger partial charge in [-0.3, -0.25) is 4.79 Å². The summed E-state index contributed by atoms with van der Waals surface area (Å²) in [6.45, 7) is 2.09. The van der Waals surface area contributed by atoms with E-state index in [2.05, 4.69) is 41.0 Å². The summed E-state index contributed by atoms with van der Waals surface area (Å²) in [6, 6.07) is 11.6. The molecule has 0 radical (unpaired) electrons. The van der Waals surface area contributed by atoms with E-state index < -0.39 is 0 Å². The minimum atomic E-state index is 0.327. The molecule has 1 aromatic rings. The Balaban J connectivity index is 1.21. The summed E-state index contributed by atoms with van der Waals surface area (Å²) in [5, 5.41) is 6.77. The van der Waals surface area contributed by atoms with Gasteiger partial charge in [-0.25, -0.2) is 0 Å². The summed E-state index contributed by atoms with van der Waals surface area (Å²) >= 11 is 0. The van der Waals surface area contributed by atoms with Gasteiger partial charge in [-0.05, 0) is 73.9 Å². The second-order valence-electron chi connectivity index (χ2n) is 8.99. The normalized spacial score (nSPS) is 47.8. The number of benzene rings is 1. The van der Waals surface area contributed by atoms with Crippen molar-refractivity contribution >= 4 is 5.91 Å². The number of carbonyl (C=O) groups excluding carboxylic acids is 1. The molecule has 3 nitrogen and oxygen atoms in total. The topological polar surface area (TPSA) is 41.1 Å². The number of piperidine rings is 1. The third-order valence-electron chi connectivity index (χ3n) is 8.61. The first-order valence-corrected chi connectivity index (χ1v) is 9.84. The van der Waals surface area contributed by atoms with Gasteiger partial charge in [0.1, 0.15) is 0 Å². The molecular formula is C21H26N2O. The van der Waals surface area contributed by atoms with Crippen LogP contribution >= 0.6 is 0 Å². The zero-order valence-electron chi connectivity index (χ0n) is 14.1. The van der Waals surface area contributed by atoms with E-state index in [-0.39, 0.29) is 0 Å². The monoisotopic (exact) mass is 322 g/mol. The molecule has 4 saturated carbocycles. The predicted molar refractivity (Wildman–Crippen MR) is 92.4 cm³/mol. The molecule has 1 aliphatic heterocycles. The first-order valence-electron chi connectivity index (χ1n) is 9.84. The van der Waals surface area contributed by atoms with Gasteiger partial charge < -0.3 is 10.6 Å². The van der Waals surface area contributed by atoms with Crippen molar-refractivity contribution in [2.75, 3.05) is 13.1 Å². The first-order chi connectivity index (χ1) is 11.8. The predicted octanol–water partition coefficient (Wildman–Crippen LogP) is 2.47. The third-order valence-corrected chi connectivity index (χ3v) is 8.61. The van der Waals surface area contributed by atoms with E-state index in [1.165, 1.54) is 19.3 Å². The van der Waals surface area contributed by atoms with Gasteiger partial charge in [0.2, 0.25) is 5.91 Å². The molecule has 1 heterocycles. The van der Waals surface area contributed by atoms with Gasteiger partial charge in [0, 0.05) is 17.4 Å². The summed E-state index contributed by atoms with van der Waals surface area (Å²) in [4.78, 5) is 12.9. The quantitative estimate of drug-likeness (QED) is 0.897. The molecule has 126 valence electrons. The zero-order chi connectivity index (χ0) is 15.9. The van der Waals surface area contributed by atoms with Crippen LogP contribution in [0, 0.1) is 29.1 Å². The maximum atomic E-state index is 12.9. The van der Waals surface area contributed by atoms with Crippen LogP contribution in [0.5, 0.6) is 0 Å². The number of rotatable bonds is 3. The van der Waals surface area contributed by atoms with Crippen molar-refractivity contribution in [3.8, 4) is 0 Å². The average molecular weight is 322 g/mol. The maximum absolute atomic E-state index is 12.9. The van der Waals surface area contributed by atoms with E-state index in [0.29, 0.717) is 40.5 Å². The van der Waals surface area contributed by atoms with Crippen LogP contribution in [0.3, 0.4) is 0 Å². The molecule has 1 aromatic carbocycles. The fourth-order valence-corrected chi connectivity index (χ4v) is 7.81. The Labute approximate surface area is 143 Å². The van der Waals surface area contributed by atoms with Crippen molar-refractivity contribution in [1.29, 1.82) is 0 Å². The van der Waals surface area contributed by atoms with Crippen LogP contribution in [-0.4, -0.2) is 25.0 Å². The number of nitrogens with one attached hydrogen (secondary N) is 2. The van der Waals surface area contributed by atoms with Gasteiger partial charge in [-0.1, -0.05) is 30.3 Å². The maximum Gasteiger partial charge on any atom is 0.223 e. The van der Waals surface area contributed by atoms with Gasteiger partial charge in [0.05, 0.1) is 0 Å². The second kappa shape index (κ2) is 4.43. The Morgan fingerprint density at radius 2 is 1.88 bits per heavy atom. The molecule has 1 spiro atoms. The summed E-state index contributed by atoms with van der Waals surface area (Å²) in [6.07, 6.45) is 6.14. The van der Waals surface area contributed by atoms with Crippen LogP contribution in [0.1, 0.15) is 37.7 Å². The molecule has 24 heavy (non-hydrogen) atoms. The highest BCUT2D eigenvalue weighted by Gasteiger charge is 2.91. The molecule has 5 aliphatic rings. The van der Waals surface area contributed by atoms with Gasteiger partial charge in [-0.2, -0.15) is 0 Å². The minimum Gasteiger partial charge on any atom is -0.353 e. The van der Waals surface area contributed by atoms with Gasteiger partial charge in [0.25, 0.3) is 0 Å². The summed E-state index contributed by atoms with van der Waals surface area (Å²) in [7, 11) is 0. The number of carbonyl (C=O) groups is 1. The largest absolute Gasteiger partial charge is 0.353 e. The number of hydrogen-bond acceptors (Lipinski definition) is 2. The Hall–Kier alpha value is -1.35. The van der Waals surface area contributed by atoms with Crippen molar-refractivity contribution in [1.82, 2.24) is 10.6 Å². The van der Waals surface area contributed by atoms with Crippen molar-refractivity contribution in [3.05, 3.63) is 35.9 Å². The fourth-order valence-electron chi connectivity index (χ4n) is 7.81. The smallest absolute Gasteiger partial charge is 0.223 e. The molecule has 6 atom stereocenters. The standard InChI is InChI=1S/C21H26N2O/c24-19(23-15-6-8-22-9-7-15)18-16-10-14-11-20(12-17(18)21(14,16)20)13-4-2-1-3-5-13/h1-5,14-18,22H,6-12H2,(H,23,24). The van der Waals surface area contributed by atoms with Gasteiger partial charge in [0.15, 0.2) is 0 Å². The van der Waals surface area contributed by atoms with Crippen LogP contribution in [0.15, 0.2) is 30.3 Å². The lowest BCUT2D eigenvalue weighted by atomic mass is 9.10. The van der Waals surface area contributed by atoms with Crippen LogP contribution in [0.2, 0.25) is 0 Å². The van der Waals surface area contributed by atoms with E-state index in [1.54, 1.807) is 5.56 Å². The molecular weight excluding hydrogens is 296 g/mol. The van der Waals surface area contributed by atoms with Gasteiger partial charge in [-0.15, -0.1) is 0 Å². The summed E-state index contributed by atoms with van der Waals surface area (Å²) in [5.74, 6) is 2.99. The van der Waals surface area contributed by atoms with Gasteiger partial charge >= 0.3 is 0 Å². The fraction of sp³-hybridized carbons (Fsp3) is 0.667. The van der Waals surface area contributed by atoms with Crippen LogP contribution in [0.25, 0.3) is 0 Å².